The monoisotopic (exact) mass is 344 g/mol. The highest BCUT2D eigenvalue weighted by Crippen LogP contribution is 2.23. The SMILES string of the molecule is O=C(Nc1ccc(F)cc1Br)c1ccc2ccccc2n1. The van der Waals surface area contributed by atoms with E-state index < -0.39 is 0 Å². The fourth-order valence-electron chi connectivity index (χ4n) is 1.97. The van der Waals surface area contributed by atoms with E-state index in [9.17, 15) is 9.18 Å². The summed E-state index contributed by atoms with van der Waals surface area (Å²) < 4.78 is 13.5. The van der Waals surface area contributed by atoms with Crippen LogP contribution in [0.3, 0.4) is 0 Å². The first-order valence-corrected chi connectivity index (χ1v) is 7.05. The molecular weight excluding hydrogens is 335 g/mol. The van der Waals surface area contributed by atoms with Gasteiger partial charge < -0.3 is 5.32 Å². The molecule has 0 saturated carbocycles. The first-order valence-electron chi connectivity index (χ1n) is 6.26. The molecule has 1 aromatic heterocycles. The summed E-state index contributed by atoms with van der Waals surface area (Å²) in [6, 6.07) is 15.1. The number of carbonyl (C=O) groups is 1. The van der Waals surface area contributed by atoms with Crippen molar-refractivity contribution in [3.05, 3.63) is 70.6 Å². The van der Waals surface area contributed by atoms with Crippen molar-refractivity contribution < 1.29 is 9.18 Å². The van der Waals surface area contributed by atoms with Crippen LogP contribution >= 0.6 is 15.9 Å². The third kappa shape index (κ3) is 2.92. The predicted octanol–water partition coefficient (Wildman–Crippen LogP) is 4.39. The molecule has 0 aliphatic carbocycles. The lowest BCUT2D eigenvalue weighted by Gasteiger charge is -2.07. The van der Waals surface area contributed by atoms with Crippen LogP contribution in [0.1, 0.15) is 10.5 Å². The Labute approximate surface area is 128 Å². The Morgan fingerprint density at radius 2 is 1.90 bits per heavy atom. The predicted molar refractivity (Wildman–Crippen MR) is 83.8 cm³/mol. The average molecular weight is 345 g/mol. The smallest absolute Gasteiger partial charge is 0.274 e. The number of halogens is 2. The van der Waals surface area contributed by atoms with E-state index >= 15 is 0 Å². The van der Waals surface area contributed by atoms with Crippen molar-refractivity contribution >= 4 is 38.4 Å². The number of pyridine rings is 1. The summed E-state index contributed by atoms with van der Waals surface area (Å²) in [6.45, 7) is 0. The zero-order valence-corrected chi connectivity index (χ0v) is 12.4. The van der Waals surface area contributed by atoms with Crippen LogP contribution < -0.4 is 5.32 Å². The number of aromatic nitrogens is 1. The fourth-order valence-corrected chi connectivity index (χ4v) is 2.42. The molecule has 0 aliphatic rings. The van der Waals surface area contributed by atoms with Crippen LogP contribution in [0.4, 0.5) is 10.1 Å². The maximum absolute atomic E-state index is 13.0. The van der Waals surface area contributed by atoms with E-state index in [1.165, 1.54) is 18.2 Å². The Morgan fingerprint density at radius 1 is 1.10 bits per heavy atom. The minimum Gasteiger partial charge on any atom is -0.320 e. The van der Waals surface area contributed by atoms with Crippen molar-refractivity contribution in [2.75, 3.05) is 5.32 Å². The standard InChI is InChI=1S/C16H10BrFN2O/c17-12-9-11(18)6-8-14(12)20-16(21)15-7-5-10-3-1-2-4-13(10)19-15/h1-9H,(H,20,21). The normalized spacial score (nSPS) is 10.6. The van der Waals surface area contributed by atoms with Crippen molar-refractivity contribution in [3.8, 4) is 0 Å². The molecule has 104 valence electrons. The minimum atomic E-state index is -0.372. The molecule has 1 amide bonds. The number of amides is 1. The maximum atomic E-state index is 13.0. The summed E-state index contributed by atoms with van der Waals surface area (Å²) in [5.41, 5.74) is 1.56. The van der Waals surface area contributed by atoms with Crippen molar-refractivity contribution in [2.45, 2.75) is 0 Å². The van der Waals surface area contributed by atoms with Gasteiger partial charge in [-0.25, -0.2) is 9.37 Å². The van der Waals surface area contributed by atoms with E-state index in [-0.39, 0.29) is 11.7 Å². The summed E-state index contributed by atoms with van der Waals surface area (Å²) in [4.78, 5) is 16.5. The second-order valence-corrected chi connectivity index (χ2v) is 5.32. The molecule has 0 bridgehead atoms. The number of hydrogen-bond donors (Lipinski definition) is 1. The van der Waals surface area contributed by atoms with Gasteiger partial charge in [0, 0.05) is 9.86 Å². The van der Waals surface area contributed by atoms with Gasteiger partial charge >= 0.3 is 0 Å². The molecule has 0 fully saturated rings. The number of para-hydroxylation sites is 1. The Morgan fingerprint density at radius 3 is 2.71 bits per heavy atom. The first-order chi connectivity index (χ1) is 10.1. The van der Waals surface area contributed by atoms with Crippen molar-refractivity contribution in [1.29, 1.82) is 0 Å². The summed E-state index contributed by atoms with van der Waals surface area (Å²) in [5.74, 6) is -0.711. The highest BCUT2D eigenvalue weighted by Gasteiger charge is 2.10. The summed E-state index contributed by atoms with van der Waals surface area (Å²) in [5, 5.41) is 3.67. The largest absolute Gasteiger partial charge is 0.320 e. The molecule has 0 radical (unpaired) electrons. The quantitative estimate of drug-likeness (QED) is 0.749. The van der Waals surface area contributed by atoms with Crippen LogP contribution in [0.25, 0.3) is 10.9 Å². The van der Waals surface area contributed by atoms with Crippen LogP contribution in [0.5, 0.6) is 0 Å². The fraction of sp³-hybridized carbons (Fsp3) is 0. The Kier molecular flexibility index (Phi) is 3.66. The third-order valence-electron chi connectivity index (χ3n) is 3.01. The molecule has 1 N–H and O–H groups in total. The lowest BCUT2D eigenvalue weighted by Crippen LogP contribution is -2.14. The van der Waals surface area contributed by atoms with Crippen LogP contribution in [0.15, 0.2) is 59.1 Å². The second-order valence-electron chi connectivity index (χ2n) is 4.47. The Hall–Kier alpha value is -2.27. The van der Waals surface area contributed by atoms with Gasteiger partial charge in [0.1, 0.15) is 11.5 Å². The number of hydrogen-bond acceptors (Lipinski definition) is 2. The second kappa shape index (κ2) is 5.61. The molecule has 3 nitrogen and oxygen atoms in total. The van der Waals surface area contributed by atoms with Crippen molar-refractivity contribution in [1.82, 2.24) is 4.98 Å². The summed E-state index contributed by atoms with van der Waals surface area (Å²) >= 11 is 3.21. The van der Waals surface area contributed by atoms with E-state index in [0.29, 0.717) is 15.9 Å². The van der Waals surface area contributed by atoms with Crippen molar-refractivity contribution in [3.63, 3.8) is 0 Å². The van der Waals surface area contributed by atoms with Gasteiger partial charge in [0.15, 0.2) is 0 Å². The van der Waals surface area contributed by atoms with E-state index in [0.717, 1.165) is 10.9 Å². The van der Waals surface area contributed by atoms with E-state index in [1.54, 1.807) is 6.07 Å². The van der Waals surface area contributed by atoms with E-state index in [4.69, 9.17) is 0 Å². The molecular formula is C16H10BrFN2O. The van der Waals surface area contributed by atoms with Crippen LogP contribution in [-0.2, 0) is 0 Å². The molecule has 0 aliphatic heterocycles. The molecule has 1 heterocycles. The minimum absolute atomic E-state index is 0.310. The molecule has 21 heavy (non-hydrogen) atoms. The molecule has 0 atom stereocenters. The first kappa shape index (κ1) is 13.7. The number of nitrogens with one attached hydrogen (secondary N) is 1. The Bertz CT molecular complexity index is 835. The number of carbonyl (C=O) groups excluding carboxylic acids is 1. The van der Waals surface area contributed by atoms with Crippen LogP contribution in [0, 0.1) is 5.82 Å². The number of benzene rings is 2. The molecule has 3 rings (SSSR count). The summed E-state index contributed by atoms with van der Waals surface area (Å²) in [6.07, 6.45) is 0. The molecule has 0 saturated heterocycles. The molecule has 5 heteroatoms. The zero-order chi connectivity index (χ0) is 14.8. The highest BCUT2D eigenvalue weighted by atomic mass is 79.9. The molecule has 2 aromatic carbocycles. The highest BCUT2D eigenvalue weighted by molar-refractivity contribution is 9.10. The van der Waals surface area contributed by atoms with E-state index in [2.05, 4.69) is 26.2 Å². The molecule has 0 spiro atoms. The van der Waals surface area contributed by atoms with Gasteiger partial charge in [-0.3, -0.25) is 4.79 Å². The Balaban J connectivity index is 1.89. The third-order valence-corrected chi connectivity index (χ3v) is 3.67. The average Bonchev–Trinajstić information content (AvgIpc) is 2.49. The van der Waals surface area contributed by atoms with Gasteiger partial charge in [-0.2, -0.15) is 0 Å². The molecule has 0 unspecified atom stereocenters. The lowest BCUT2D eigenvalue weighted by atomic mass is 10.2. The zero-order valence-electron chi connectivity index (χ0n) is 10.8. The van der Waals surface area contributed by atoms with Gasteiger partial charge in [-0.15, -0.1) is 0 Å². The van der Waals surface area contributed by atoms with Gasteiger partial charge in [0.25, 0.3) is 5.91 Å². The van der Waals surface area contributed by atoms with E-state index in [1.807, 2.05) is 30.3 Å². The van der Waals surface area contributed by atoms with Crippen LogP contribution in [-0.4, -0.2) is 10.9 Å². The van der Waals surface area contributed by atoms with Crippen LogP contribution in [0.2, 0.25) is 0 Å². The van der Waals surface area contributed by atoms with Gasteiger partial charge in [-0.05, 0) is 46.3 Å². The lowest BCUT2D eigenvalue weighted by molar-refractivity contribution is 0.102. The van der Waals surface area contributed by atoms with Gasteiger partial charge in [-0.1, -0.05) is 24.3 Å². The van der Waals surface area contributed by atoms with Crippen molar-refractivity contribution in [2.24, 2.45) is 0 Å². The maximum Gasteiger partial charge on any atom is 0.274 e. The number of nitrogens with zero attached hydrogens (tertiary/aromatic N) is 1. The number of rotatable bonds is 2. The summed E-state index contributed by atoms with van der Waals surface area (Å²) in [7, 11) is 0. The van der Waals surface area contributed by atoms with Gasteiger partial charge in [0.2, 0.25) is 0 Å². The topological polar surface area (TPSA) is 42.0 Å². The van der Waals surface area contributed by atoms with Gasteiger partial charge in [0.05, 0.1) is 11.2 Å². The number of anilines is 1. The molecule has 3 aromatic rings. The number of fused-ring (bicyclic) bond motifs is 1.